The van der Waals surface area contributed by atoms with Gasteiger partial charge in [0, 0.05) is 25.5 Å². The van der Waals surface area contributed by atoms with E-state index in [1.807, 2.05) is 13.0 Å². The molecule has 0 aliphatic carbocycles. The van der Waals surface area contributed by atoms with E-state index in [0.717, 1.165) is 16.7 Å². The van der Waals surface area contributed by atoms with Crippen LogP contribution in [0.5, 0.6) is 0 Å². The normalized spacial score (nSPS) is 11.6. The number of pyridine rings is 1. The van der Waals surface area contributed by atoms with Crippen molar-refractivity contribution >= 4 is 10.0 Å². The number of aromatic nitrogens is 1. The largest absolute Gasteiger partial charge is 0.326 e. The first-order chi connectivity index (χ1) is 9.94. The molecule has 3 N–H and O–H groups in total. The molecule has 2 rings (SSSR count). The highest BCUT2D eigenvalue weighted by molar-refractivity contribution is 7.89. The van der Waals surface area contributed by atoms with Gasteiger partial charge in [-0.1, -0.05) is 12.1 Å². The van der Waals surface area contributed by atoms with Crippen molar-refractivity contribution < 1.29 is 8.42 Å². The van der Waals surface area contributed by atoms with Crippen LogP contribution in [-0.2, 0) is 23.1 Å². The Morgan fingerprint density at radius 3 is 2.57 bits per heavy atom. The maximum atomic E-state index is 12.4. The van der Waals surface area contributed by atoms with Gasteiger partial charge in [0.2, 0.25) is 10.0 Å². The van der Waals surface area contributed by atoms with E-state index in [2.05, 4.69) is 9.71 Å². The molecule has 1 heterocycles. The van der Waals surface area contributed by atoms with Crippen LogP contribution in [-0.4, -0.2) is 13.4 Å². The van der Waals surface area contributed by atoms with Gasteiger partial charge in [0.05, 0.1) is 4.90 Å². The Hall–Kier alpha value is -1.76. The van der Waals surface area contributed by atoms with Gasteiger partial charge in [0.1, 0.15) is 0 Å². The van der Waals surface area contributed by atoms with Gasteiger partial charge in [-0.2, -0.15) is 0 Å². The monoisotopic (exact) mass is 305 g/mol. The van der Waals surface area contributed by atoms with Crippen molar-refractivity contribution in [1.29, 1.82) is 0 Å². The number of rotatable bonds is 5. The molecule has 6 heteroatoms. The van der Waals surface area contributed by atoms with Crippen molar-refractivity contribution in [2.75, 3.05) is 0 Å². The second-order valence-corrected chi connectivity index (χ2v) is 6.67. The van der Waals surface area contributed by atoms with Gasteiger partial charge < -0.3 is 5.73 Å². The maximum absolute atomic E-state index is 12.4. The number of nitrogens with one attached hydrogen (secondary N) is 1. The Morgan fingerprint density at radius 2 is 1.95 bits per heavy atom. The average molecular weight is 305 g/mol. The van der Waals surface area contributed by atoms with Gasteiger partial charge in [-0.25, -0.2) is 13.1 Å². The first-order valence-electron chi connectivity index (χ1n) is 6.63. The first kappa shape index (κ1) is 15.6. The fraction of sp³-hybridized carbons (Fsp3) is 0.267. The Labute approximate surface area is 125 Å². The van der Waals surface area contributed by atoms with Crippen LogP contribution in [0.1, 0.15) is 22.3 Å². The molecule has 112 valence electrons. The van der Waals surface area contributed by atoms with Crippen molar-refractivity contribution in [2.24, 2.45) is 5.73 Å². The quantitative estimate of drug-likeness (QED) is 0.879. The first-order valence-corrected chi connectivity index (χ1v) is 8.11. The lowest BCUT2D eigenvalue weighted by Crippen LogP contribution is -2.24. The molecule has 0 bridgehead atoms. The number of benzene rings is 1. The molecule has 0 saturated carbocycles. The predicted octanol–water partition coefficient (Wildman–Crippen LogP) is 1.64. The van der Waals surface area contributed by atoms with Gasteiger partial charge in [-0.3, -0.25) is 4.98 Å². The van der Waals surface area contributed by atoms with Crippen molar-refractivity contribution in [1.82, 2.24) is 9.71 Å². The summed E-state index contributed by atoms with van der Waals surface area (Å²) in [6.07, 6.45) is 3.35. The van der Waals surface area contributed by atoms with Gasteiger partial charge in [-0.15, -0.1) is 0 Å². The van der Waals surface area contributed by atoms with E-state index >= 15 is 0 Å². The fourth-order valence-corrected chi connectivity index (χ4v) is 3.30. The number of aryl methyl sites for hydroxylation is 2. The minimum atomic E-state index is -3.55. The third-order valence-corrected chi connectivity index (χ3v) is 4.93. The highest BCUT2D eigenvalue weighted by Crippen LogP contribution is 2.17. The molecule has 0 spiro atoms. The molecular formula is C15H19N3O2S. The molecule has 2 aromatic rings. The van der Waals surface area contributed by atoms with Crippen molar-refractivity contribution in [3.63, 3.8) is 0 Å². The molecule has 1 aromatic heterocycles. The van der Waals surface area contributed by atoms with Gasteiger partial charge in [-0.05, 0) is 48.2 Å². The smallest absolute Gasteiger partial charge is 0.241 e. The Balaban J connectivity index is 2.21. The van der Waals surface area contributed by atoms with Gasteiger partial charge in [0.25, 0.3) is 0 Å². The fourth-order valence-electron chi connectivity index (χ4n) is 2.07. The summed E-state index contributed by atoms with van der Waals surface area (Å²) in [5.74, 6) is 0. The zero-order valence-corrected chi connectivity index (χ0v) is 12.9. The molecular weight excluding hydrogens is 286 g/mol. The van der Waals surface area contributed by atoms with Crippen LogP contribution in [0.4, 0.5) is 0 Å². The summed E-state index contributed by atoms with van der Waals surface area (Å²) in [6.45, 7) is 4.30. The molecule has 1 aromatic carbocycles. The van der Waals surface area contributed by atoms with Crippen LogP contribution in [0, 0.1) is 13.8 Å². The lowest BCUT2D eigenvalue weighted by Gasteiger charge is -2.11. The highest BCUT2D eigenvalue weighted by Gasteiger charge is 2.16. The Kier molecular flexibility index (Phi) is 4.72. The average Bonchev–Trinajstić information content (AvgIpc) is 2.46. The summed E-state index contributed by atoms with van der Waals surface area (Å²) < 4.78 is 27.4. The third kappa shape index (κ3) is 3.66. The minimum absolute atomic E-state index is 0.222. The van der Waals surface area contributed by atoms with Crippen molar-refractivity contribution in [3.8, 4) is 0 Å². The molecule has 0 amide bonds. The molecule has 0 saturated heterocycles. The second-order valence-electron chi connectivity index (χ2n) is 4.93. The van der Waals surface area contributed by atoms with Gasteiger partial charge in [0.15, 0.2) is 0 Å². The number of nitrogens with two attached hydrogens (primary N) is 1. The van der Waals surface area contributed by atoms with E-state index < -0.39 is 10.0 Å². The van der Waals surface area contributed by atoms with E-state index in [-0.39, 0.29) is 11.4 Å². The molecule has 0 aliphatic rings. The standard InChI is InChI=1S/C15H19N3O2S/c1-11-5-6-17-9-14(11)10-18-21(19,20)15-4-3-13(8-16)7-12(15)2/h3-7,9,18H,8,10,16H2,1-2H3. The van der Waals surface area contributed by atoms with Crippen molar-refractivity contribution in [3.05, 3.63) is 58.9 Å². The molecule has 5 nitrogen and oxygen atoms in total. The van der Waals surface area contributed by atoms with E-state index in [9.17, 15) is 8.42 Å². The van der Waals surface area contributed by atoms with E-state index in [0.29, 0.717) is 12.1 Å². The summed E-state index contributed by atoms with van der Waals surface area (Å²) >= 11 is 0. The summed E-state index contributed by atoms with van der Waals surface area (Å²) in [7, 11) is -3.55. The van der Waals surface area contributed by atoms with Crippen LogP contribution >= 0.6 is 0 Å². The summed E-state index contributed by atoms with van der Waals surface area (Å²) in [6, 6.07) is 6.97. The van der Waals surface area contributed by atoms with Crippen molar-refractivity contribution in [2.45, 2.75) is 31.8 Å². The third-order valence-electron chi connectivity index (χ3n) is 3.36. The van der Waals surface area contributed by atoms with Crippen LogP contribution in [0.3, 0.4) is 0 Å². The van der Waals surface area contributed by atoms with E-state index in [4.69, 9.17) is 5.73 Å². The summed E-state index contributed by atoms with van der Waals surface area (Å²) in [5.41, 5.74) is 9.02. The lowest BCUT2D eigenvalue weighted by atomic mass is 10.1. The Morgan fingerprint density at radius 1 is 1.19 bits per heavy atom. The highest BCUT2D eigenvalue weighted by atomic mass is 32.2. The minimum Gasteiger partial charge on any atom is -0.326 e. The maximum Gasteiger partial charge on any atom is 0.241 e. The number of hydrogen-bond acceptors (Lipinski definition) is 4. The summed E-state index contributed by atoms with van der Waals surface area (Å²) in [5, 5.41) is 0. The topological polar surface area (TPSA) is 85.1 Å². The summed E-state index contributed by atoms with van der Waals surface area (Å²) in [4.78, 5) is 4.29. The lowest BCUT2D eigenvalue weighted by molar-refractivity contribution is 0.580. The number of hydrogen-bond donors (Lipinski definition) is 2. The molecule has 21 heavy (non-hydrogen) atoms. The predicted molar refractivity (Wildman–Crippen MR) is 82.1 cm³/mol. The van der Waals surface area contributed by atoms with E-state index in [1.165, 1.54) is 0 Å². The molecule has 0 radical (unpaired) electrons. The second kappa shape index (κ2) is 6.34. The molecule has 0 fully saturated rings. The zero-order valence-electron chi connectivity index (χ0n) is 12.1. The van der Waals surface area contributed by atoms with Crippen LogP contribution in [0.15, 0.2) is 41.6 Å². The molecule has 0 aliphatic heterocycles. The number of nitrogens with zero attached hydrogens (tertiary/aromatic N) is 1. The van der Waals surface area contributed by atoms with Crippen LogP contribution in [0.25, 0.3) is 0 Å². The van der Waals surface area contributed by atoms with Gasteiger partial charge >= 0.3 is 0 Å². The zero-order chi connectivity index (χ0) is 15.5. The molecule has 0 atom stereocenters. The van der Waals surface area contributed by atoms with E-state index in [1.54, 1.807) is 37.5 Å². The Bertz CT molecular complexity index is 742. The SMILES string of the molecule is Cc1ccncc1CNS(=O)(=O)c1ccc(CN)cc1C. The molecule has 0 unspecified atom stereocenters. The van der Waals surface area contributed by atoms with Crippen LogP contribution < -0.4 is 10.5 Å². The number of sulfonamides is 1. The van der Waals surface area contributed by atoms with Crippen LogP contribution in [0.2, 0.25) is 0 Å².